The van der Waals surface area contributed by atoms with Gasteiger partial charge in [-0.15, -0.1) is 0 Å². The predicted octanol–water partition coefficient (Wildman–Crippen LogP) is 3.97. The number of amides is 1. The van der Waals surface area contributed by atoms with E-state index in [9.17, 15) is 27.9 Å². The van der Waals surface area contributed by atoms with Gasteiger partial charge in [0.25, 0.3) is 11.5 Å². The Morgan fingerprint density at radius 2 is 1.79 bits per heavy atom. The second kappa shape index (κ2) is 7.47. The van der Waals surface area contributed by atoms with Gasteiger partial charge in [0.05, 0.1) is 11.3 Å². The van der Waals surface area contributed by atoms with Crippen LogP contribution in [0.25, 0.3) is 5.69 Å². The van der Waals surface area contributed by atoms with Crippen molar-refractivity contribution in [3.8, 4) is 11.4 Å². The van der Waals surface area contributed by atoms with E-state index >= 15 is 0 Å². The zero-order valence-electron chi connectivity index (χ0n) is 13.9. The number of carbonyl (C=O) groups is 1. The Balaban J connectivity index is 1.95. The van der Waals surface area contributed by atoms with Crippen LogP contribution in [0, 0.1) is 0 Å². The maximum Gasteiger partial charge on any atom is 0.416 e. The van der Waals surface area contributed by atoms with Crippen LogP contribution in [0.15, 0.2) is 63.9 Å². The van der Waals surface area contributed by atoms with E-state index in [1.165, 1.54) is 6.07 Å². The third-order valence-electron chi connectivity index (χ3n) is 3.65. The van der Waals surface area contributed by atoms with Crippen LogP contribution in [0.3, 0.4) is 0 Å². The van der Waals surface area contributed by atoms with Crippen molar-refractivity contribution in [2.45, 2.75) is 6.18 Å². The molecule has 0 saturated heterocycles. The molecule has 1 aromatic heterocycles. The number of alkyl halides is 3. The van der Waals surface area contributed by atoms with Crippen molar-refractivity contribution in [3.05, 3.63) is 80.7 Å². The monoisotopic (exact) mass is 453 g/mol. The van der Waals surface area contributed by atoms with Crippen LogP contribution < -0.4 is 10.9 Å². The summed E-state index contributed by atoms with van der Waals surface area (Å²) in [4.78, 5) is 24.5. The Labute approximate surface area is 164 Å². The van der Waals surface area contributed by atoms with Gasteiger partial charge in [-0.2, -0.15) is 23.0 Å². The summed E-state index contributed by atoms with van der Waals surface area (Å²) in [5, 5.41) is 16.0. The van der Waals surface area contributed by atoms with Gasteiger partial charge < -0.3 is 10.4 Å². The number of rotatable bonds is 3. The average Bonchev–Trinajstić information content (AvgIpc) is 2.62. The Morgan fingerprint density at radius 3 is 2.43 bits per heavy atom. The van der Waals surface area contributed by atoms with E-state index in [0.717, 1.165) is 33.4 Å². The Morgan fingerprint density at radius 1 is 1.11 bits per heavy atom. The maximum atomic E-state index is 12.8. The molecule has 6 nitrogen and oxygen atoms in total. The van der Waals surface area contributed by atoms with E-state index in [0.29, 0.717) is 5.69 Å². The van der Waals surface area contributed by atoms with Crippen molar-refractivity contribution in [2.24, 2.45) is 0 Å². The van der Waals surface area contributed by atoms with Gasteiger partial charge in [-0.05, 0) is 42.5 Å². The molecule has 0 radical (unpaired) electrons. The van der Waals surface area contributed by atoms with E-state index in [2.05, 4.69) is 26.3 Å². The summed E-state index contributed by atoms with van der Waals surface area (Å²) in [6.45, 7) is 0. The Bertz CT molecular complexity index is 1100. The van der Waals surface area contributed by atoms with E-state index in [1.807, 2.05) is 0 Å². The summed E-state index contributed by atoms with van der Waals surface area (Å²) in [5.41, 5.74) is -1.94. The van der Waals surface area contributed by atoms with Crippen LogP contribution in [0.2, 0.25) is 0 Å². The lowest BCUT2D eigenvalue weighted by molar-refractivity contribution is -0.137. The molecule has 144 valence electrons. The highest BCUT2D eigenvalue weighted by Crippen LogP contribution is 2.30. The number of benzene rings is 2. The molecule has 0 aliphatic carbocycles. The van der Waals surface area contributed by atoms with Crippen molar-refractivity contribution >= 4 is 27.5 Å². The standard InChI is InChI=1S/C18H11BrF3N3O3/c19-11-4-6-13(7-5-11)25-15(27)9-14(26)16(24-25)17(28)23-12-3-1-2-10(8-12)18(20,21)22/h1-9,26H,(H,23,28). The smallest absolute Gasteiger partial charge is 0.416 e. The number of aromatic hydroxyl groups is 1. The van der Waals surface area contributed by atoms with E-state index < -0.39 is 34.6 Å². The lowest BCUT2D eigenvalue weighted by atomic mass is 10.2. The molecule has 3 aromatic rings. The molecular weight excluding hydrogens is 443 g/mol. The predicted molar refractivity (Wildman–Crippen MR) is 98.6 cm³/mol. The first-order chi connectivity index (χ1) is 13.1. The number of carbonyl (C=O) groups excluding carboxylic acids is 1. The third-order valence-corrected chi connectivity index (χ3v) is 4.17. The van der Waals surface area contributed by atoms with Gasteiger partial charge in [-0.1, -0.05) is 22.0 Å². The first-order valence-corrected chi connectivity index (χ1v) is 8.52. The van der Waals surface area contributed by atoms with Crippen LogP contribution in [0.4, 0.5) is 18.9 Å². The zero-order chi connectivity index (χ0) is 20.5. The van der Waals surface area contributed by atoms with Gasteiger partial charge in [0.1, 0.15) is 0 Å². The molecule has 0 saturated carbocycles. The molecule has 1 amide bonds. The van der Waals surface area contributed by atoms with E-state index in [1.54, 1.807) is 24.3 Å². The minimum absolute atomic E-state index is 0.137. The molecule has 0 fully saturated rings. The summed E-state index contributed by atoms with van der Waals surface area (Å²) in [5.74, 6) is -1.66. The van der Waals surface area contributed by atoms with Crippen molar-refractivity contribution in [1.82, 2.24) is 9.78 Å². The fourth-order valence-electron chi connectivity index (χ4n) is 2.34. The SMILES string of the molecule is O=C(Nc1cccc(C(F)(F)F)c1)c1nn(-c2ccc(Br)cc2)c(=O)cc1O. The molecule has 10 heteroatoms. The highest BCUT2D eigenvalue weighted by atomic mass is 79.9. The van der Waals surface area contributed by atoms with E-state index in [-0.39, 0.29) is 5.69 Å². The van der Waals surface area contributed by atoms with E-state index in [4.69, 9.17) is 0 Å². The molecule has 0 aliphatic rings. The van der Waals surface area contributed by atoms with Gasteiger partial charge >= 0.3 is 6.18 Å². The molecule has 2 aromatic carbocycles. The number of anilines is 1. The van der Waals surface area contributed by atoms with Crippen molar-refractivity contribution < 1.29 is 23.1 Å². The number of hydrogen-bond acceptors (Lipinski definition) is 4. The van der Waals surface area contributed by atoms with Crippen LogP contribution >= 0.6 is 15.9 Å². The summed E-state index contributed by atoms with van der Waals surface area (Å²) in [7, 11) is 0. The minimum Gasteiger partial charge on any atom is -0.505 e. The van der Waals surface area contributed by atoms with Crippen LogP contribution in [-0.2, 0) is 6.18 Å². The number of nitrogens with zero attached hydrogens (tertiary/aromatic N) is 2. The number of halogens is 4. The third kappa shape index (κ3) is 4.22. The van der Waals surface area contributed by atoms with Gasteiger partial charge in [-0.3, -0.25) is 9.59 Å². The Kier molecular flexibility index (Phi) is 5.23. The fourth-order valence-corrected chi connectivity index (χ4v) is 2.60. The van der Waals surface area contributed by atoms with Crippen molar-refractivity contribution in [2.75, 3.05) is 5.32 Å². The molecule has 3 rings (SSSR count). The maximum absolute atomic E-state index is 12.8. The van der Waals surface area contributed by atoms with Crippen LogP contribution in [0.1, 0.15) is 16.1 Å². The molecule has 0 atom stereocenters. The molecule has 0 aliphatic heterocycles. The number of hydrogen-bond donors (Lipinski definition) is 2. The van der Waals surface area contributed by atoms with Crippen LogP contribution in [-0.4, -0.2) is 20.8 Å². The van der Waals surface area contributed by atoms with Gasteiger partial charge in [0, 0.05) is 16.2 Å². The summed E-state index contributed by atoms with van der Waals surface area (Å²) in [6.07, 6.45) is -4.57. The summed E-state index contributed by atoms with van der Waals surface area (Å²) < 4.78 is 40.0. The summed E-state index contributed by atoms with van der Waals surface area (Å²) in [6, 6.07) is 11.2. The normalized spacial score (nSPS) is 11.3. The number of aromatic nitrogens is 2. The summed E-state index contributed by atoms with van der Waals surface area (Å²) >= 11 is 3.25. The highest BCUT2D eigenvalue weighted by molar-refractivity contribution is 9.10. The Hall–Kier alpha value is -3.14. The quantitative estimate of drug-likeness (QED) is 0.628. The highest BCUT2D eigenvalue weighted by Gasteiger charge is 2.30. The lowest BCUT2D eigenvalue weighted by Crippen LogP contribution is -2.25. The van der Waals surface area contributed by atoms with Gasteiger partial charge in [-0.25, -0.2) is 0 Å². The number of nitrogens with one attached hydrogen (secondary N) is 1. The molecule has 0 spiro atoms. The van der Waals surface area contributed by atoms with Crippen molar-refractivity contribution in [1.29, 1.82) is 0 Å². The average molecular weight is 454 g/mol. The molecule has 28 heavy (non-hydrogen) atoms. The molecule has 0 unspecified atom stereocenters. The second-order valence-electron chi connectivity index (χ2n) is 5.64. The molecule has 1 heterocycles. The first kappa shape index (κ1) is 19.6. The van der Waals surface area contributed by atoms with Crippen molar-refractivity contribution in [3.63, 3.8) is 0 Å². The fraction of sp³-hybridized carbons (Fsp3) is 0.0556. The second-order valence-corrected chi connectivity index (χ2v) is 6.55. The topological polar surface area (TPSA) is 84.2 Å². The molecule has 2 N–H and O–H groups in total. The molecular formula is C18H11BrF3N3O3. The first-order valence-electron chi connectivity index (χ1n) is 7.73. The largest absolute Gasteiger partial charge is 0.505 e. The minimum atomic E-state index is -4.57. The molecule has 0 bridgehead atoms. The van der Waals surface area contributed by atoms with Gasteiger partial charge in [0.15, 0.2) is 11.4 Å². The van der Waals surface area contributed by atoms with Crippen LogP contribution in [0.5, 0.6) is 5.75 Å². The van der Waals surface area contributed by atoms with Gasteiger partial charge in [0.2, 0.25) is 0 Å². The zero-order valence-corrected chi connectivity index (χ0v) is 15.5. The lowest BCUT2D eigenvalue weighted by Gasteiger charge is -2.11.